The van der Waals surface area contributed by atoms with Gasteiger partial charge in [-0.3, -0.25) is 25.1 Å². The second-order valence-electron chi connectivity index (χ2n) is 12.7. The molecule has 17 nitrogen and oxygen atoms in total. The summed E-state index contributed by atoms with van der Waals surface area (Å²) < 4.78 is 30.6. The van der Waals surface area contributed by atoms with Crippen molar-refractivity contribution in [3.8, 4) is 16.9 Å². The highest BCUT2D eigenvalue weighted by molar-refractivity contribution is 6.11. The van der Waals surface area contributed by atoms with Crippen molar-refractivity contribution in [3.05, 3.63) is 83.2 Å². The molecule has 296 valence electrons. The number of pyridine rings is 1. The molecule has 4 N–H and O–H groups in total. The minimum Gasteiger partial charge on any atom is -0.496 e. The number of amidine groups is 1. The first-order chi connectivity index (χ1) is 26.6. The fourth-order valence-corrected chi connectivity index (χ4v) is 5.07. The fraction of sp³-hybridized carbons (Fsp3) is 0.333. The Hall–Kier alpha value is -6.78. The van der Waals surface area contributed by atoms with E-state index < -0.39 is 54.7 Å². The van der Waals surface area contributed by atoms with Gasteiger partial charge in [-0.25, -0.2) is 19.4 Å². The zero-order chi connectivity index (χ0) is 41.1. The Bertz CT molecular complexity index is 2010. The van der Waals surface area contributed by atoms with Gasteiger partial charge in [0.05, 0.1) is 13.2 Å². The van der Waals surface area contributed by atoms with E-state index in [1.165, 1.54) is 75.6 Å². The zero-order valence-corrected chi connectivity index (χ0v) is 31.7. The van der Waals surface area contributed by atoms with Gasteiger partial charge in [0.1, 0.15) is 17.3 Å². The van der Waals surface area contributed by atoms with Crippen LogP contribution in [0.5, 0.6) is 5.75 Å². The van der Waals surface area contributed by atoms with Crippen LogP contribution in [-0.2, 0) is 28.5 Å². The number of hydrogen-bond donors (Lipinski definition) is 4. The molecule has 0 radical (unpaired) electrons. The van der Waals surface area contributed by atoms with Gasteiger partial charge in [0.25, 0.3) is 11.8 Å². The van der Waals surface area contributed by atoms with Gasteiger partial charge < -0.3 is 39.1 Å². The third kappa shape index (κ3) is 11.9. The lowest BCUT2D eigenvalue weighted by atomic mass is 9.94. The van der Waals surface area contributed by atoms with Gasteiger partial charge in [-0.15, -0.1) is 0 Å². The van der Waals surface area contributed by atoms with Crippen LogP contribution in [0.1, 0.15) is 89.9 Å². The monoisotopic (exact) mass is 773 g/mol. The Kier molecular flexibility index (Phi) is 14.2. The van der Waals surface area contributed by atoms with E-state index in [0.29, 0.717) is 29.5 Å². The number of methoxy groups -OCH3 is 1. The number of carbonyl (C=O) groups excluding carboxylic acids is 6. The molecule has 1 saturated carbocycles. The standard InChI is InChI=1S/C39H43N5O12/c1-8-25-17-30(35(46)42-27-13-11-26(12-14-27)34(40)44-38(49)55-22(5)53-21(4)45)29(18-32(25)51-7)28-15-16-31(36(47)41-19-24-9-10-24)43-33(28)37(48)54-23(6)56-39(50)52-20(2)3/h8,11-18,20,22-24H,1,9-10,19H2,2-7H3,(H,41,47)(H,42,46)(H2,40,44,49). The van der Waals surface area contributed by atoms with Crippen molar-refractivity contribution in [2.45, 2.75) is 66.1 Å². The molecule has 4 rings (SSSR count). The van der Waals surface area contributed by atoms with Crippen LogP contribution in [0.2, 0.25) is 0 Å². The molecule has 56 heavy (non-hydrogen) atoms. The summed E-state index contributed by atoms with van der Waals surface area (Å²) in [5, 5.41) is 16.0. The van der Waals surface area contributed by atoms with Gasteiger partial charge in [-0.2, -0.15) is 0 Å². The second kappa shape index (κ2) is 19.0. The highest BCUT2D eigenvalue weighted by Crippen LogP contribution is 2.35. The van der Waals surface area contributed by atoms with E-state index in [2.05, 4.69) is 27.5 Å². The first-order valence-corrected chi connectivity index (χ1v) is 17.5. The number of rotatable bonds is 15. The first kappa shape index (κ1) is 42.0. The minimum atomic E-state index is -1.43. The molecule has 1 aliphatic rings. The number of alkyl carbamates (subject to hydrolysis) is 1. The van der Waals surface area contributed by atoms with Crippen molar-refractivity contribution in [3.63, 3.8) is 0 Å². The van der Waals surface area contributed by atoms with Crippen molar-refractivity contribution >= 4 is 53.6 Å². The molecule has 1 fully saturated rings. The smallest absolute Gasteiger partial charge is 0.496 e. The van der Waals surface area contributed by atoms with Gasteiger partial charge in [0.15, 0.2) is 5.69 Å². The number of hydrogen-bond acceptors (Lipinski definition) is 14. The number of amides is 3. The summed E-state index contributed by atoms with van der Waals surface area (Å²) in [6, 6.07) is 11.7. The average molecular weight is 774 g/mol. The van der Waals surface area contributed by atoms with Gasteiger partial charge >= 0.3 is 24.2 Å². The van der Waals surface area contributed by atoms with E-state index in [0.717, 1.165) is 19.8 Å². The van der Waals surface area contributed by atoms with E-state index in [1.807, 2.05) is 0 Å². The fourth-order valence-electron chi connectivity index (χ4n) is 5.07. The number of benzene rings is 2. The Labute approximate surface area is 322 Å². The molecule has 0 saturated heterocycles. The van der Waals surface area contributed by atoms with Crippen LogP contribution in [0.3, 0.4) is 0 Å². The molecular weight excluding hydrogens is 730 g/mol. The molecule has 1 aromatic heterocycles. The van der Waals surface area contributed by atoms with Gasteiger partial charge in [-0.1, -0.05) is 12.7 Å². The minimum absolute atomic E-state index is 0.0374. The Balaban J connectivity index is 1.66. The Morgan fingerprint density at radius 2 is 1.55 bits per heavy atom. The number of nitrogens with zero attached hydrogens (tertiary/aromatic N) is 1. The summed E-state index contributed by atoms with van der Waals surface area (Å²) in [7, 11) is 1.41. The third-order valence-corrected chi connectivity index (χ3v) is 7.82. The lowest BCUT2D eigenvalue weighted by Crippen LogP contribution is -2.34. The van der Waals surface area contributed by atoms with Gasteiger partial charge in [0, 0.05) is 60.8 Å². The van der Waals surface area contributed by atoms with Crippen LogP contribution in [0.15, 0.2) is 55.1 Å². The molecule has 1 heterocycles. The largest absolute Gasteiger partial charge is 0.511 e. The van der Waals surface area contributed by atoms with Crippen molar-refractivity contribution in [2.24, 2.45) is 5.92 Å². The number of anilines is 1. The second-order valence-corrected chi connectivity index (χ2v) is 12.7. The van der Waals surface area contributed by atoms with Crippen molar-refractivity contribution < 1.29 is 57.2 Å². The first-order valence-electron chi connectivity index (χ1n) is 17.5. The maximum atomic E-state index is 14.0. The summed E-state index contributed by atoms with van der Waals surface area (Å²) in [5.41, 5.74) is 0.795. The Morgan fingerprint density at radius 3 is 2.16 bits per heavy atom. The van der Waals surface area contributed by atoms with Crippen LogP contribution in [-0.4, -0.2) is 79.2 Å². The predicted molar refractivity (Wildman–Crippen MR) is 201 cm³/mol. The number of ether oxygens (including phenoxy) is 6. The maximum absolute atomic E-state index is 14.0. The quantitative estimate of drug-likeness (QED) is 0.0470. The molecular formula is C39H43N5O12. The summed E-state index contributed by atoms with van der Waals surface area (Å²) in [5.74, 6) is -2.56. The molecule has 1 aliphatic carbocycles. The number of esters is 2. The van der Waals surface area contributed by atoms with Crippen molar-refractivity contribution in [2.75, 3.05) is 19.0 Å². The van der Waals surface area contributed by atoms with Gasteiger partial charge in [-0.05, 0) is 81.1 Å². The summed E-state index contributed by atoms with van der Waals surface area (Å²) in [6.45, 7) is 11.3. The van der Waals surface area contributed by atoms with Crippen molar-refractivity contribution in [1.29, 1.82) is 5.41 Å². The molecule has 17 heteroatoms. The molecule has 0 spiro atoms. The predicted octanol–water partition coefficient (Wildman–Crippen LogP) is 5.82. The normalized spacial score (nSPS) is 12.9. The van der Waals surface area contributed by atoms with Crippen LogP contribution >= 0.6 is 0 Å². The number of aromatic nitrogens is 1. The average Bonchev–Trinajstić information content (AvgIpc) is 3.97. The summed E-state index contributed by atoms with van der Waals surface area (Å²) >= 11 is 0. The highest BCUT2D eigenvalue weighted by Gasteiger charge is 2.28. The number of carbonyl (C=O) groups is 6. The highest BCUT2D eigenvalue weighted by atomic mass is 16.8. The van der Waals surface area contributed by atoms with E-state index >= 15 is 0 Å². The zero-order valence-electron chi connectivity index (χ0n) is 31.7. The Morgan fingerprint density at radius 1 is 0.875 bits per heavy atom. The van der Waals surface area contributed by atoms with Crippen LogP contribution in [0, 0.1) is 11.3 Å². The topological polar surface area (TPSA) is 231 Å². The van der Waals surface area contributed by atoms with Crippen LogP contribution in [0.25, 0.3) is 17.2 Å². The van der Waals surface area contributed by atoms with Crippen LogP contribution < -0.4 is 20.7 Å². The van der Waals surface area contributed by atoms with E-state index in [9.17, 15) is 28.8 Å². The maximum Gasteiger partial charge on any atom is 0.511 e. The van der Waals surface area contributed by atoms with Crippen molar-refractivity contribution in [1.82, 2.24) is 15.6 Å². The third-order valence-electron chi connectivity index (χ3n) is 7.82. The molecule has 0 bridgehead atoms. The number of nitrogens with one attached hydrogen (secondary N) is 4. The SMILES string of the molecule is C=Cc1cc(C(=O)Nc2ccc(C(=N)NC(=O)OC(C)OC(C)=O)cc2)c(-c2ccc(C(=O)NCC3CC3)nc2C(=O)OC(C)OC(=O)OC(C)C)cc1OC. The van der Waals surface area contributed by atoms with Crippen LogP contribution in [0.4, 0.5) is 15.3 Å². The lowest BCUT2D eigenvalue weighted by Gasteiger charge is -2.19. The van der Waals surface area contributed by atoms with E-state index in [1.54, 1.807) is 13.8 Å². The molecule has 2 unspecified atom stereocenters. The van der Waals surface area contributed by atoms with E-state index in [4.69, 9.17) is 33.8 Å². The molecule has 2 aromatic carbocycles. The van der Waals surface area contributed by atoms with E-state index in [-0.39, 0.29) is 39.5 Å². The molecule has 3 amide bonds. The summed E-state index contributed by atoms with van der Waals surface area (Å²) in [6.07, 6.45) is -1.72. The van der Waals surface area contributed by atoms with Gasteiger partial charge in [0.2, 0.25) is 12.6 Å². The lowest BCUT2D eigenvalue weighted by molar-refractivity contribution is -0.161. The summed E-state index contributed by atoms with van der Waals surface area (Å²) in [4.78, 5) is 80.4. The molecule has 3 aromatic rings. The molecule has 2 atom stereocenters. The molecule has 0 aliphatic heterocycles.